The molecule has 3 aromatic rings. The summed E-state index contributed by atoms with van der Waals surface area (Å²) in [4.78, 5) is 0. The van der Waals surface area contributed by atoms with E-state index in [0.717, 1.165) is 33.3 Å². The van der Waals surface area contributed by atoms with Crippen molar-refractivity contribution in [1.29, 1.82) is 0 Å². The Bertz CT molecular complexity index is 754. The van der Waals surface area contributed by atoms with Crippen molar-refractivity contribution in [3.63, 3.8) is 0 Å². The third-order valence-electron chi connectivity index (χ3n) is 2.99. The predicted molar refractivity (Wildman–Crippen MR) is 79.2 cm³/mol. The topological polar surface area (TPSA) is 35.0 Å². The molecule has 2 heterocycles. The van der Waals surface area contributed by atoms with Crippen LogP contribution in [0.1, 0.15) is 5.56 Å². The van der Waals surface area contributed by atoms with Crippen molar-refractivity contribution in [2.75, 3.05) is 7.11 Å². The molecule has 0 saturated heterocycles. The van der Waals surface area contributed by atoms with Gasteiger partial charge in [-0.15, -0.1) is 10.2 Å². The predicted octanol–water partition coefficient (Wildman–Crippen LogP) is 4.33. The number of methoxy groups -OCH3 is 1. The average molecular weight is 291 g/mol. The van der Waals surface area contributed by atoms with E-state index in [1.165, 1.54) is 0 Å². The maximum Gasteiger partial charge on any atom is 0.160 e. The van der Waals surface area contributed by atoms with Crippen LogP contribution in [0.3, 0.4) is 0 Å². The highest BCUT2D eigenvalue weighted by Crippen LogP contribution is 2.36. The lowest BCUT2D eigenvalue weighted by atomic mass is 10.1. The smallest absolute Gasteiger partial charge is 0.160 e. The number of fused-ring (bicyclic) bond motifs is 1. The van der Waals surface area contributed by atoms with E-state index in [1.807, 2.05) is 35.9 Å². The Morgan fingerprint density at radius 2 is 1.95 bits per heavy atom. The summed E-state index contributed by atoms with van der Waals surface area (Å²) in [6.45, 7) is 2.03. The SMILES string of the molecule is COc1cc(C)ccc1-c1nnc(Cl)c2cscc12. The van der Waals surface area contributed by atoms with Gasteiger partial charge in [-0.25, -0.2) is 0 Å². The van der Waals surface area contributed by atoms with Crippen LogP contribution in [0.5, 0.6) is 5.75 Å². The van der Waals surface area contributed by atoms with E-state index in [4.69, 9.17) is 16.3 Å². The highest BCUT2D eigenvalue weighted by Gasteiger charge is 2.14. The van der Waals surface area contributed by atoms with Gasteiger partial charge in [0.25, 0.3) is 0 Å². The second-order valence-electron chi connectivity index (χ2n) is 4.24. The number of halogens is 1. The molecule has 0 bridgehead atoms. The van der Waals surface area contributed by atoms with Crippen LogP contribution in [0.15, 0.2) is 29.0 Å². The highest BCUT2D eigenvalue weighted by atomic mass is 35.5. The molecule has 0 aliphatic carbocycles. The largest absolute Gasteiger partial charge is 0.496 e. The molecule has 96 valence electrons. The second kappa shape index (κ2) is 4.79. The van der Waals surface area contributed by atoms with Gasteiger partial charge in [-0.3, -0.25) is 0 Å². The number of hydrogen-bond donors (Lipinski definition) is 0. The lowest BCUT2D eigenvalue weighted by molar-refractivity contribution is 0.416. The lowest BCUT2D eigenvalue weighted by Gasteiger charge is -2.09. The van der Waals surface area contributed by atoms with Gasteiger partial charge in [-0.1, -0.05) is 17.7 Å². The Balaban J connectivity index is 2.30. The third kappa shape index (κ3) is 2.07. The Morgan fingerprint density at radius 3 is 2.74 bits per heavy atom. The van der Waals surface area contributed by atoms with Crippen LogP contribution in [-0.2, 0) is 0 Å². The minimum absolute atomic E-state index is 0.436. The summed E-state index contributed by atoms with van der Waals surface area (Å²) in [6.07, 6.45) is 0. The molecule has 0 atom stereocenters. The maximum absolute atomic E-state index is 6.06. The minimum atomic E-state index is 0.436. The number of aryl methyl sites for hydroxylation is 1. The zero-order chi connectivity index (χ0) is 13.4. The number of nitrogens with zero attached hydrogens (tertiary/aromatic N) is 2. The molecule has 0 saturated carbocycles. The van der Waals surface area contributed by atoms with Crippen LogP contribution in [0.25, 0.3) is 22.0 Å². The van der Waals surface area contributed by atoms with E-state index < -0.39 is 0 Å². The second-order valence-corrected chi connectivity index (χ2v) is 5.34. The minimum Gasteiger partial charge on any atom is -0.496 e. The van der Waals surface area contributed by atoms with E-state index in [2.05, 4.69) is 10.2 Å². The molecule has 3 rings (SSSR count). The van der Waals surface area contributed by atoms with Gasteiger partial charge in [0.1, 0.15) is 11.4 Å². The summed E-state index contributed by atoms with van der Waals surface area (Å²) in [6, 6.07) is 6.03. The van der Waals surface area contributed by atoms with Gasteiger partial charge in [-0.2, -0.15) is 11.3 Å². The third-order valence-corrected chi connectivity index (χ3v) is 4.01. The summed E-state index contributed by atoms with van der Waals surface area (Å²) < 4.78 is 5.44. The van der Waals surface area contributed by atoms with E-state index in [1.54, 1.807) is 18.4 Å². The molecule has 0 amide bonds. The molecule has 0 spiro atoms. The number of hydrogen-bond acceptors (Lipinski definition) is 4. The first kappa shape index (κ1) is 12.4. The number of ether oxygens (including phenoxy) is 1. The zero-order valence-electron chi connectivity index (χ0n) is 10.5. The maximum atomic E-state index is 6.06. The normalized spacial score (nSPS) is 10.9. The van der Waals surface area contributed by atoms with Crippen molar-refractivity contribution in [3.8, 4) is 17.0 Å². The molecule has 0 unspecified atom stereocenters. The van der Waals surface area contributed by atoms with Crippen LogP contribution in [0, 0.1) is 6.92 Å². The van der Waals surface area contributed by atoms with Crippen LogP contribution in [-0.4, -0.2) is 17.3 Å². The Morgan fingerprint density at radius 1 is 1.16 bits per heavy atom. The fourth-order valence-electron chi connectivity index (χ4n) is 2.03. The van der Waals surface area contributed by atoms with Gasteiger partial charge >= 0.3 is 0 Å². The van der Waals surface area contributed by atoms with Gasteiger partial charge in [-0.05, 0) is 24.6 Å². The number of thiophene rings is 1. The number of rotatable bonds is 2. The van der Waals surface area contributed by atoms with Crippen molar-refractivity contribution in [1.82, 2.24) is 10.2 Å². The molecule has 5 heteroatoms. The molecule has 0 radical (unpaired) electrons. The van der Waals surface area contributed by atoms with E-state index in [9.17, 15) is 0 Å². The van der Waals surface area contributed by atoms with Gasteiger partial charge in [0, 0.05) is 27.1 Å². The summed E-state index contributed by atoms with van der Waals surface area (Å²) in [7, 11) is 1.66. The van der Waals surface area contributed by atoms with Gasteiger partial charge in [0.2, 0.25) is 0 Å². The standard InChI is InChI=1S/C14H11ClN2OS/c1-8-3-4-9(12(5-8)18-2)13-10-6-19-7-11(10)14(15)17-16-13/h3-7H,1-2H3. The molecule has 2 aromatic heterocycles. The lowest BCUT2D eigenvalue weighted by Crippen LogP contribution is -1.93. The summed E-state index contributed by atoms with van der Waals surface area (Å²) in [5.41, 5.74) is 2.88. The molecule has 1 aromatic carbocycles. The first-order valence-corrected chi connectivity index (χ1v) is 7.06. The average Bonchev–Trinajstić information content (AvgIpc) is 2.90. The van der Waals surface area contributed by atoms with Crippen molar-refractivity contribution >= 4 is 33.7 Å². The van der Waals surface area contributed by atoms with E-state index in [-0.39, 0.29) is 0 Å². The Hall–Kier alpha value is -1.65. The molecule has 0 fully saturated rings. The van der Waals surface area contributed by atoms with E-state index >= 15 is 0 Å². The Kier molecular flexibility index (Phi) is 3.12. The fraction of sp³-hybridized carbons (Fsp3) is 0.143. The molecule has 0 aliphatic heterocycles. The monoisotopic (exact) mass is 290 g/mol. The summed E-state index contributed by atoms with van der Waals surface area (Å²) >= 11 is 7.65. The first-order chi connectivity index (χ1) is 9.20. The quantitative estimate of drug-likeness (QED) is 0.704. The van der Waals surface area contributed by atoms with Crippen LogP contribution < -0.4 is 4.74 Å². The number of benzene rings is 1. The van der Waals surface area contributed by atoms with E-state index in [0.29, 0.717) is 5.15 Å². The highest BCUT2D eigenvalue weighted by molar-refractivity contribution is 7.09. The molecular formula is C14H11ClN2OS. The molecule has 0 N–H and O–H groups in total. The van der Waals surface area contributed by atoms with Gasteiger partial charge in [0.15, 0.2) is 5.15 Å². The van der Waals surface area contributed by atoms with Crippen LogP contribution >= 0.6 is 22.9 Å². The van der Waals surface area contributed by atoms with Gasteiger partial charge < -0.3 is 4.74 Å². The first-order valence-electron chi connectivity index (χ1n) is 5.74. The van der Waals surface area contributed by atoms with Crippen LogP contribution in [0.2, 0.25) is 5.15 Å². The summed E-state index contributed by atoms with van der Waals surface area (Å²) in [5, 5.41) is 14.6. The Labute approximate surface area is 119 Å². The zero-order valence-corrected chi connectivity index (χ0v) is 12.0. The van der Waals surface area contributed by atoms with Crippen LogP contribution in [0.4, 0.5) is 0 Å². The van der Waals surface area contributed by atoms with Crippen molar-refractivity contribution in [3.05, 3.63) is 39.7 Å². The van der Waals surface area contributed by atoms with Crippen molar-refractivity contribution < 1.29 is 4.74 Å². The number of aromatic nitrogens is 2. The summed E-state index contributed by atoms with van der Waals surface area (Å²) in [5.74, 6) is 0.795. The van der Waals surface area contributed by atoms with Gasteiger partial charge in [0.05, 0.1) is 7.11 Å². The molecule has 19 heavy (non-hydrogen) atoms. The van der Waals surface area contributed by atoms with Crippen molar-refractivity contribution in [2.45, 2.75) is 6.92 Å². The van der Waals surface area contributed by atoms with Crippen molar-refractivity contribution in [2.24, 2.45) is 0 Å². The fourth-order valence-corrected chi connectivity index (χ4v) is 3.11. The molecular weight excluding hydrogens is 280 g/mol. The molecule has 0 aliphatic rings. The molecule has 3 nitrogen and oxygen atoms in total.